The molecular formula is C23H14FN7O. The monoisotopic (exact) mass is 423 g/mol. The Labute approximate surface area is 179 Å². The summed E-state index contributed by atoms with van der Waals surface area (Å²) in [5, 5.41) is 18.1. The number of H-pyrrole nitrogens is 2. The molecule has 0 radical (unpaired) electrons. The van der Waals surface area contributed by atoms with Crippen molar-refractivity contribution >= 4 is 21.9 Å². The molecule has 32 heavy (non-hydrogen) atoms. The number of hydrogen-bond acceptors (Lipinski definition) is 6. The topological polar surface area (TPSA) is 116 Å². The number of phenols is 1. The van der Waals surface area contributed by atoms with Crippen LogP contribution in [0.3, 0.4) is 0 Å². The second-order valence-electron chi connectivity index (χ2n) is 7.27. The third kappa shape index (κ3) is 2.95. The van der Waals surface area contributed by atoms with Gasteiger partial charge in [0, 0.05) is 41.2 Å². The summed E-state index contributed by atoms with van der Waals surface area (Å²) < 4.78 is 13.9. The number of aromatic hydroxyl groups is 1. The summed E-state index contributed by atoms with van der Waals surface area (Å²) in [4.78, 5) is 21.0. The molecule has 1 aromatic carbocycles. The van der Waals surface area contributed by atoms with Crippen LogP contribution in [0.15, 0.2) is 67.3 Å². The van der Waals surface area contributed by atoms with E-state index in [2.05, 4.69) is 30.1 Å². The zero-order valence-corrected chi connectivity index (χ0v) is 16.4. The fourth-order valence-corrected chi connectivity index (χ4v) is 3.74. The number of rotatable bonds is 3. The lowest BCUT2D eigenvalue weighted by atomic mass is 10.1. The highest BCUT2D eigenvalue weighted by molar-refractivity contribution is 5.96. The molecule has 9 heteroatoms. The first-order valence-electron chi connectivity index (χ1n) is 9.75. The molecule has 6 rings (SSSR count). The van der Waals surface area contributed by atoms with Crippen molar-refractivity contribution in [3.63, 3.8) is 0 Å². The maximum absolute atomic E-state index is 13.9. The van der Waals surface area contributed by atoms with Gasteiger partial charge in [0.15, 0.2) is 5.82 Å². The zero-order chi connectivity index (χ0) is 21.7. The SMILES string of the molecule is Oc1cc(F)cc(-c2nccc3[nH]c(-c4n[nH]c5cnc(-c6cccnc6)cc45)nc23)c1. The predicted molar refractivity (Wildman–Crippen MR) is 117 cm³/mol. The van der Waals surface area contributed by atoms with Crippen LogP contribution >= 0.6 is 0 Å². The molecule has 5 heterocycles. The fraction of sp³-hybridized carbons (Fsp3) is 0. The van der Waals surface area contributed by atoms with Crippen molar-refractivity contribution in [1.29, 1.82) is 0 Å². The predicted octanol–water partition coefficient (Wildman–Crippen LogP) is 4.47. The highest BCUT2D eigenvalue weighted by atomic mass is 19.1. The van der Waals surface area contributed by atoms with E-state index in [4.69, 9.17) is 4.98 Å². The van der Waals surface area contributed by atoms with Crippen molar-refractivity contribution in [2.45, 2.75) is 0 Å². The molecule has 8 nitrogen and oxygen atoms in total. The molecule has 6 aromatic rings. The van der Waals surface area contributed by atoms with E-state index in [0.717, 1.165) is 28.2 Å². The first-order chi connectivity index (χ1) is 15.7. The average Bonchev–Trinajstić information content (AvgIpc) is 3.42. The molecular weight excluding hydrogens is 409 g/mol. The van der Waals surface area contributed by atoms with Crippen LogP contribution < -0.4 is 0 Å². The second-order valence-corrected chi connectivity index (χ2v) is 7.27. The molecule has 3 N–H and O–H groups in total. The van der Waals surface area contributed by atoms with Crippen LogP contribution in [0.1, 0.15) is 0 Å². The molecule has 0 aliphatic rings. The van der Waals surface area contributed by atoms with Gasteiger partial charge in [-0.15, -0.1) is 0 Å². The number of nitrogens with one attached hydrogen (secondary N) is 2. The van der Waals surface area contributed by atoms with Crippen molar-refractivity contribution in [3.8, 4) is 39.8 Å². The number of nitrogens with zero attached hydrogens (tertiary/aromatic N) is 5. The van der Waals surface area contributed by atoms with Crippen LogP contribution in [0.25, 0.3) is 56.0 Å². The van der Waals surface area contributed by atoms with E-state index in [9.17, 15) is 9.50 Å². The van der Waals surface area contributed by atoms with Gasteiger partial charge in [0.25, 0.3) is 0 Å². The number of halogens is 1. The Morgan fingerprint density at radius 1 is 0.875 bits per heavy atom. The van der Waals surface area contributed by atoms with Crippen LogP contribution in [0, 0.1) is 5.82 Å². The molecule has 0 spiro atoms. The highest BCUT2D eigenvalue weighted by Gasteiger charge is 2.17. The number of aromatic amines is 2. The molecule has 0 bridgehead atoms. The van der Waals surface area contributed by atoms with Gasteiger partial charge in [0.1, 0.15) is 22.8 Å². The van der Waals surface area contributed by atoms with E-state index in [1.165, 1.54) is 12.1 Å². The minimum atomic E-state index is -0.553. The normalized spacial score (nSPS) is 11.4. The van der Waals surface area contributed by atoms with Gasteiger partial charge in [-0.1, -0.05) is 0 Å². The molecule has 5 aromatic heterocycles. The molecule has 0 aliphatic carbocycles. The summed E-state index contributed by atoms with van der Waals surface area (Å²) in [6.45, 7) is 0. The molecule has 0 fully saturated rings. The van der Waals surface area contributed by atoms with Crippen LogP contribution in [-0.4, -0.2) is 40.2 Å². The third-order valence-electron chi connectivity index (χ3n) is 5.19. The quantitative estimate of drug-likeness (QED) is 0.387. The van der Waals surface area contributed by atoms with Gasteiger partial charge in [-0.2, -0.15) is 5.10 Å². The van der Waals surface area contributed by atoms with Gasteiger partial charge in [-0.25, -0.2) is 9.37 Å². The number of imidazole rings is 1. The van der Waals surface area contributed by atoms with Crippen molar-refractivity contribution in [2.75, 3.05) is 0 Å². The fourth-order valence-electron chi connectivity index (χ4n) is 3.74. The number of pyridine rings is 3. The van der Waals surface area contributed by atoms with Gasteiger partial charge >= 0.3 is 0 Å². The molecule has 0 saturated carbocycles. The van der Waals surface area contributed by atoms with Gasteiger partial charge < -0.3 is 10.1 Å². The molecule has 0 atom stereocenters. The summed E-state index contributed by atoms with van der Waals surface area (Å²) in [6, 6.07) is 11.3. The van der Waals surface area contributed by atoms with Crippen molar-refractivity contribution in [2.24, 2.45) is 0 Å². The lowest BCUT2D eigenvalue weighted by Crippen LogP contribution is -1.87. The van der Waals surface area contributed by atoms with E-state index in [-0.39, 0.29) is 5.75 Å². The Hall–Kier alpha value is -4.66. The zero-order valence-electron chi connectivity index (χ0n) is 16.4. The summed E-state index contributed by atoms with van der Waals surface area (Å²) in [5.41, 5.74) is 5.19. The number of benzene rings is 1. The molecule has 154 valence electrons. The summed E-state index contributed by atoms with van der Waals surface area (Å²) in [7, 11) is 0. The molecule has 0 aliphatic heterocycles. The lowest BCUT2D eigenvalue weighted by Gasteiger charge is -2.03. The number of aromatic nitrogens is 7. The van der Waals surface area contributed by atoms with Gasteiger partial charge in [-0.05, 0) is 36.4 Å². The van der Waals surface area contributed by atoms with E-state index in [0.29, 0.717) is 33.8 Å². The first kappa shape index (κ1) is 18.1. The average molecular weight is 423 g/mol. The minimum absolute atomic E-state index is 0.178. The summed E-state index contributed by atoms with van der Waals surface area (Å²) >= 11 is 0. The van der Waals surface area contributed by atoms with Crippen molar-refractivity contribution in [1.82, 2.24) is 35.1 Å². The summed E-state index contributed by atoms with van der Waals surface area (Å²) in [5.74, 6) is -0.198. The van der Waals surface area contributed by atoms with E-state index in [1.807, 2.05) is 18.2 Å². The van der Waals surface area contributed by atoms with Gasteiger partial charge in [0.2, 0.25) is 0 Å². The second kappa shape index (κ2) is 6.95. The van der Waals surface area contributed by atoms with E-state index >= 15 is 0 Å². The Kier molecular flexibility index (Phi) is 3.94. The van der Waals surface area contributed by atoms with Gasteiger partial charge in [0.05, 0.1) is 28.6 Å². The minimum Gasteiger partial charge on any atom is -0.508 e. The van der Waals surface area contributed by atoms with Crippen LogP contribution in [0.2, 0.25) is 0 Å². The standard InChI is InChI=1S/C23H14FN7O/c24-14-6-13(7-15(32)8-14)20-22-17(3-5-26-20)28-23(29-22)21-16-9-18(12-2-1-4-25-10-12)27-11-19(16)30-31-21/h1-11,32H,(H,28,29)(H,30,31). The highest BCUT2D eigenvalue weighted by Crippen LogP contribution is 2.32. The summed E-state index contributed by atoms with van der Waals surface area (Å²) in [6.07, 6.45) is 6.79. The van der Waals surface area contributed by atoms with Crippen LogP contribution in [-0.2, 0) is 0 Å². The Balaban J connectivity index is 1.52. The molecule has 0 unspecified atom stereocenters. The maximum Gasteiger partial charge on any atom is 0.159 e. The number of hydrogen-bond donors (Lipinski definition) is 3. The largest absolute Gasteiger partial charge is 0.508 e. The maximum atomic E-state index is 13.9. The van der Waals surface area contributed by atoms with Crippen molar-refractivity contribution in [3.05, 3.63) is 73.1 Å². The smallest absolute Gasteiger partial charge is 0.159 e. The molecule has 0 saturated heterocycles. The third-order valence-corrected chi connectivity index (χ3v) is 5.19. The first-order valence-corrected chi connectivity index (χ1v) is 9.75. The Morgan fingerprint density at radius 3 is 2.66 bits per heavy atom. The number of phenolic OH excluding ortho intramolecular Hbond substituents is 1. The van der Waals surface area contributed by atoms with E-state index < -0.39 is 5.82 Å². The number of fused-ring (bicyclic) bond motifs is 2. The van der Waals surface area contributed by atoms with Gasteiger partial charge in [-0.3, -0.25) is 20.1 Å². The van der Waals surface area contributed by atoms with Crippen LogP contribution in [0.4, 0.5) is 4.39 Å². The van der Waals surface area contributed by atoms with E-state index in [1.54, 1.807) is 30.9 Å². The van der Waals surface area contributed by atoms with Crippen molar-refractivity contribution < 1.29 is 9.50 Å². The Bertz CT molecular complexity index is 1590. The lowest BCUT2D eigenvalue weighted by molar-refractivity contribution is 0.469. The molecule has 0 amide bonds. The van der Waals surface area contributed by atoms with Crippen LogP contribution in [0.5, 0.6) is 5.75 Å². The Morgan fingerprint density at radius 2 is 1.81 bits per heavy atom.